The minimum Gasteiger partial charge on any atom is -0.245 e. The van der Waals surface area contributed by atoms with Gasteiger partial charge in [0, 0.05) is 10.8 Å². The Morgan fingerprint density at radius 1 is 0.846 bits per heavy atom. The van der Waals surface area contributed by atoms with Crippen LogP contribution < -0.4 is 11.4 Å². The maximum absolute atomic E-state index is 13.4. The van der Waals surface area contributed by atoms with Crippen LogP contribution in [0.3, 0.4) is 0 Å². The lowest BCUT2D eigenvalue weighted by Crippen LogP contribution is -2.52. The van der Waals surface area contributed by atoms with Crippen molar-refractivity contribution in [3.8, 4) is 5.69 Å². The minimum absolute atomic E-state index is 0.104. The zero-order valence-corrected chi connectivity index (χ0v) is 15.1. The van der Waals surface area contributed by atoms with Crippen LogP contribution in [0.4, 0.5) is 0 Å². The molecule has 4 saturated carbocycles. The molecule has 4 aliphatic carbocycles. The minimum atomic E-state index is -0.104. The van der Waals surface area contributed by atoms with Crippen LogP contribution in [-0.4, -0.2) is 25.4 Å². The van der Waals surface area contributed by atoms with E-state index in [2.05, 4.69) is 11.8 Å². The van der Waals surface area contributed by atoms with Gasteiger partial charge in [0.25, 0.3) is 0 Å². The number of aromatic nitrogens is 3. The number of thioether (sulfide) groups is 1. The summed E-state index contributed by atoms with van der Waals surface area (Å²) in [6.45, 7) is 0. The van der Waals surface area contributed by atoms with Gasteiger partial charge in [0.15, 0.2) is 0 Å². The van der Waals surface area contributed by atoms with E-state index in [9.17, 15) is 9.59 Å². The normalized spacial score (nSPS) is 50.2. The highest BCUT2D eigenvalue weighted by Crippen LogP contribution is 3.04. The first-order chi connectivity index (χ1) is 12.7. The summed E-state index contributed by atoms with van der Waals surface area (Å²) in [6, 6.07) is 10.0. The average Bonchev–Trinajstić information content (AvgIpc) is 3.42. The van der Waals surface area contributed by atoms with Gasteiger partial charge in [0.05, 0.1) is 17.8 Å². The van der Waals surface area contributed by atoms with Crippen molar-refractivity contribution in [2.24, 2.45) is 34.5 Å². The summed E-state index contributed by atoms with van der Waals surface area (Å²) in [5.41, 5.74) is 1.17. The van der Waals surface area contributed by atoms with Crippen LogP contribution in [-0.2, 0) is 0 Å². The molecule has 8 atom stereocenters. The second kappa shape index (κ2) is 3.66. The molecule has 1 aromatic heterocycles. The molecule has 2 spiro atoms. The molecule has 9 rings (SSSR count). The van der Waals surface area contributed by atoms with E-state index in [1.807, 2.05) is 39.7 Å². The molecule has 0 radical (unpaired) electrons. The first-order valence-corrected chi connectivity index (χ1v) is 11.0. The van der Waals surface area contributed by atoms with Gasteiger partial charge in [-0.05, 0) is 60.2 Å². The summed E-state index contributed by atoms with van der Waals surface area (Å²) >= 11 is 2.08. The number of para-hydroxylation sites is 1. The molecule has 7 aliphatic rings. The fraction of sp³-hybridized carbons (Fsp3) is 0.600. The van der Waals surface area contributed by atoms with E-state index in [0.29, 0.717) is 28.4 Å². The van der Waals surface area contributed by atoms with Gasteiger partial charge < -0.3 is 0 Å². The topological polar surface area (TPSA) is 48.9 Å². The van der Waals surface area contributed by atoms with Gasteiger partial charge >= 0.3 is 11.4 Å². The molecular weight excluding hydrogens is 346 g/mol. The Bertz CT molecular complexity index is 1070. The lowest BCUT2D eigenvalue weighted by Gasteiger charge is -2.47. The maximum atomic E-state index is 13.4. The molecule has 1 saturated heterocycles. The highest BCUT2D eigenvalue weighted by Gasteiger charge is 3.02. The average molecular weight is 365 g/mol. The van der Waals surface area contributed by atoms with Crippen LogP contribution in [0.5, 0.6) is 0 Å². The third-order valence-corrected chi connectivity index (χ3v) is 10.1. The van der Waals surface area contributed by atoms with Crippen LogP contribution >= 0.6 is 11.8 Å². The number of benzene rings is 1. The van der Waals surface area contributed by atoms with E-state index >= 15 is 0 Å². The standard InChI is InChI=1S/C20H19N3O2S/c24-17-21(10-4-2-1-3-5-10)18(25)23-16-13-11-12(13)15(22(17)23)19-6-8-26-9-7-20(16,19)14(11)19/h1-5,11-16H,6-9H2/t11?,12-,13-,14?,15-,16-,19-,20+/m0/s1. The van der Waals surface area contributed by atoms with E-state index in [0.717, 1.165) is 11.8 Å². The highest BCUT2D eigenvalue weighted by atomic mass is 32.2. The molecule has 6 heteroatoms. The van der Waals surface area contributed by atoms with Crippen molar-refractivity contribution in [2.45, 2.75) is 24.9 Å². The summed E-state index contributed by atoms with van der Waals surface area (Å²) in [5.74, 6) is 5.42. The Morgan fingerprint density at radius 2 is 1.42 bits per heavy atom. The summed E-state index contributed by atoms with van der Waals surface area (Å²) in [6.07, 6.45) is 2.50. The Morgan fingerprint density at radius 3 is 2.00 bits per heavy atom. The van der Waals surface area contributed by atoms with Crippen molar-refractivity contribution in [1.82, 2.24) is 13.9 Å². The van der Waals surface area contributed by atoms with Gasteiger partial charge in [-0.2, -0.15) is 11.8 Å². The van der Waals surface area contributed by atoms with E-state index in [1.165, 1.54) is 28.9 Å². The van der Waals surface area contributed by atoms with Crippen LogP contribution in [0.1, 0.15) is 24.9 Å². The first kappa shape index (κ1) is 13.5. The quantitative estimate of drug-likeness (QED) is 0.776. The van der Waals surface area contributed by atoms with Gasteiger partial charge in [-0.3, -0.25) is 0 Å². The first-order valence-electron chi connectivity index (χ1n) is 9.84. The van der Waals surface area contributed by atoms with E-state index in [4.69, 9.17) is 0 Å². The molecule has 5 nitrogen and oxygen atoms in total. The number of hydrogen-bond donors (Lipinski definition) is 0. The predicted molar refractivity (Wildman–Crippen MR) is 97.7 cm³/mol. The Labute approximate surface area is 154 Å². The second-order valence-electron chi connectivity index (χ2n) is 9.22. The monoisotopic (exact) mass is 365 g/mol. The van der Waals surface area contributed by atoms with Gasteiger partial charge in [-0.15, -0.1) is 0 Å². The molecule has 26 heavy (non-hydrogen) atoms. The van der Waals surface area contributed by atoms with Crippen molar-refractivity contribution in [3.63, 3.8) is 0 Å². The summed E-state index contributed by atoms with van der Waals surface area (Å²) in [4.78, 5) is 26.8. The molecule has 0 N–H and O–H groups in total. The summed E-state index contributed by atoms with van der Waals surface area (Å²) in [7, 11) is 0. The van der Waals surface area contributed by atoms with Crippen molar-refractivity contribution < 1.29 is 0 Å². The molecule has 1 aromatic carbocycles. The fourth-order valence-electron chi connectivity index (χ4n) is 8.84. The van der Waals surface area contributed by atoms with Crippen LogP contribution in [0.2, 0.25) is 0 Å². The zero-order valence-electron chi connectivity index (χ0n) is 14.2. The molecule has 0 amide bonds. The predicted octanol–water partition coefficient (Wildman–Crippen LogP) is 1.92. The summed E-state index contributed by atoms with van der Waals surface area (Å²) < 4.78 is 5.29. The maximum Gasteiger partial charge on any atom is 0.352 e. The molecule has 4 heterocycles. The van der Waals surface area contributed by atoms with Gasteiger partial charge in [0.1, 0.15) is 0 Å². The van der Waals surface area contributed by atoms with Crippen molar-refractivity contribution in [2.75, 3.05) is 11.5 Å². The van der Waals surface area contributed by atoms with Crippen molar-refractivity contribution in [1.29, 1.82) is 0 Å². The van der Waals surface area contributed by atoms with Crippen LogP contribution in [0, 0.1) is 34.5 Å². The van der Waals surface area contributed by atoms with Gasteiger partial charge in [-0.1, -0.05) is 18.2 Å². The third-order valence-electron chi connectivity index (χ3n) is 9.12. The van der Waals surface area contributed by atoms with Crippen molar-refractivity contribution in [3.05, 3.63) is 51.3 Å². The Hall–Kier alpha value is -1.69. The summed E-state index contributed by atoms with van der Waals surface area (Å²) in [5, 5.41) is 0. The van der Waals surface area contributed by atoms with Crippen molar-refractivity contribution >= 4 is 11.8 Å². The Kier molecular flexibility index (Phi) is 1.90. The van der Waals surface area contributed by atoms with E-state index < -0.39 is 0 Å². The largest absolute Gasteiger partial charge is 0.352 e. The molecule has 2 unspecified atom stereocenters. The number of rotatable bonds is 1. The van der Waals surface area contributed by atoms with Crippen LogP contribution in [0.25, 0.3) is 5.69 Å². The SMILES string of the molecule is O=c1n(-c2ccccc2)c(=O)n2n1[C@H]1[C@H]3C4C5[C@@]16CCSCC[C@]56[C@@H]2[C@@H]43. The smallest absolute Gasteiger partial charge is 0.245 e. The molecule has 132 valence electrons. The Balaban J connectivity index is 1.45. The number of hydrogen-bond acceptors (Lipinski definition) is 3. The second-order valence-corrected chi connectivity index (χ2v) is 10.4. The lowest BCUT2D eigenvalue weighted by atomic mass is 9.69. The molecule has 3 aliphatic heterocycles. The fourth-order valence-corrected chi connectivity index (χ4v) is 10.0. The number of nitrogens with zero attached hydrogens (tertiary/aromatic N) is 3. The molecule has 5 fully saturated rings. The highest BCUT2D eigenvalue weighted by molar-refractivity contribution is 7.99. The lowest BCUT2D eigenvalue weighted by molar-refractivity contribution is -0.00192. The van der Waals surface area contributed by atoms with Gasteiger partial charge in [-0.25, -0.2) is 23.5 Å². The molecule has 2 aromatic rings. The third kappa shape index (κ3) is 0.987. The van der Waals surface area contributed by atoms with Gasteiger partial charge in [0.2, 0.25) is 0 Å². The van der Waals surface area contributed by atoms with E-state index in [1.54, 1.807) is 0 Å². The molecule has 2 bridgehead atoms. The van der Waals surface area contributed by atoms with E-state index in [-0.39, 0.29) is 23.5 Å². The van der Waals surface area contributed by atoms with Crippen LogP contribution in [0.15, 0.2) is 39.9 Å². The zero-order chi connectivity index (χ0) is 17.0. The molecular formula is C20H19N3O2S.